The van der Waals surface area contributed by atoms with Crippen LogP contribution in [0.5, 0.6) is 0 Å². The maximum Gasteiger partial charge on any atom is 0.0795 e. The molecule has 1 aromatic heterocycles. The van der Waals surface area contributed by atoms with Crippen molar-refractivity contribution in [3.63, 3.8) is 0 Å². The Hall–Kier alpha value is -2.16. The van der Waals surface area contributed by atoms with Crippen LogP contribution >= 0.6 is 0 Å². The van der Waals surface area contributed by atoms with Crippen molar-refractivity contribution in [3.8, 4) is 0 Å². The average Bonchev–Trinajstić information content (AvgIpc) is 3.23. The molecule has 34 heavy (non-hydrogen) atoms. The SMILES string of the molecule is CCCCCCCCCCCCCCC(C)CCCNc1ccc2c([nH]c3ccccc32)c1N. The fourth-order valence-corrected chi connectivity index (χ4v) is 5.25. The predicted molar refractivity (Wildman–Crippen MR) is 153 cm³/mol. The highest BCUT2D eigenvalue weighted by atomic mass is 14.9. The van der Waals surface area contributed by atoms with E-state index < -0.39 is 0 Å². The van der Waals surface area contributed by atoms with E-state index in [4.69, 9.17) is 5.73 Å². The van der Waals surface area contributed by atoms with Crippen molar-refractivity contribution in [3.05, 3.63) is 36.4 Å². The molecule has 0 saturated carbocycles. The van der Waals surface area contributed by atoms with Crippen LogP contribution in [0.2, 0.25) is 0 Å². The van der Waals surface area contributed by atoms with Gasteiger partial charge in [0.15, 0.2) is 0 Å². The van der Waals surface area contributed by atoms with E-state index >= 15 is 0 Å². The first-order chi connectivity index (χ1) is 16.7. The minimum Gasteiger partial charge on any atom is -0.395 e. The second kappa shape index (κ2) is 15.0. The number of aromatic nitrogens is 1. The van der Waals surface area contributed by atoms with Crippen LogP contribution in [-0.4, -0.2) is 11.5 Å². The molecule has 2 aromatic carbocycles. The van der Waals surface area contributed by atoms with E-state index in [1.165, 1.54) is 107 Å². The van der Waals surface area contributed by atoms with E-state index in [1.54, 1.807) is 0 Å². The number of hydrogen-bond donors (Lipinski definition) is 3. The molecule has 1 atom stereocenters. The fourth-order valence-electron chi connectivity index (χ4n) is 5.25. The summed E-state index contributed by atoms with van der Waals surface area (Å²) in [7, 11) is 0. The number of aromatic amines is 1. The molecule has 4 N–H and O–H groups in total. The minimum atomic E-state index is 0.818. The summed E-state index contributed by atoms with van der Waals surface area (Å²) in [4.78, 5) is 3.49. The van der Waals surface area contributed by atoms with Gasteiger partial charge in [0, 0.05) is 22.8 Å². The molecule has 3 rings (SSSR count). The summed E-state index contributed by atoms with van der Waals surface area (Å²) < 4.78 is 0. The molecule has 0 aliphatic rings. The van der Waals surface area contributed by atoms with Gasteiger partial charge in [-0.2, -0.15) is 0 Å². The predicted octanol–water partition coefficient (Wildman–Crippen LogP) is 9.82. The summed E-state index contributed by atoms with van der Waals surface area (Å²) in [5.74, 6) is 0.818. The number of fused-ring (bicyclic) bond motifs is 3. The van der Waals surface area contributed by atoms with Crippen molar-refractivity contribution in [2.24, 2.45) is 5.92 Å². The van der Waals surface area contributed by atoms with E-state index in [9.17, 15) is 0 Å². The van der Waals surface area contributed by atoms with E-state index in [0.29, 0.717) is 0 Å². The molecule has 3 aromatic rings. The van der Waals surface area contributed by atoms with Crippen LogP contribution in [0, 0.1) is 5.92 Å². The van der Waals surface area contributed by atoms with Crippen LogP contribution in [0.4, 0.5) is 11.4 Å². The summed E-state index contributed by atoms with van der Waals surface area (Å²) >= 11 is 0. The Labute approximate surface area is 208 Å². The van der Waals surface area contributed by atoms with Crippen molar-refractivity contribution in [2.45, 2.75) is 110 Å². The van der Waals surface area contributed by atoms with Crippen molar-refractivity contribution in [1.29, 1.82) is 0 Å². The van der Waals surface area contributed by atoms with Crippen LogP contribution in [-0.2, 0) is 0 Å². The van der Waals surface area contributed by atoms with Gasteiger partial charge < -0.3 is 16.0 Å². The number of nitrogen functional groups attached to an aromatic ring is 1. The third-order valence-corrected chi connectivity index (χ3v) is 7.46. The van der Waals surface area contributed by atoms with Gasteiger partial charge in [-0.1, -0.05) is 122 Å². The number of benzene rings is 2. The molecule has 0 amide bonds. The van der Waals surface area contributed by atoms with Gasteiger partial charge in [0.25, 0.3) is 0 Å². The Balaban J connectivity index is 1.22. The Bertz CT molecular complexity index is 958. The van der Waals surface area contributed by atoms with Gasteiger partial charge in [0.05, 0.1) is 16.9 Å². The van der Waals surface area contributed by atoms with Crippen molar-refractivity contribution in [1.82, 2.24) is 4.98 Å². The van der Waals surface area contributed by atoms with Crippen LogP contribution in [0.25, 0.3) is 21.8 Å². The van der Waals surface area contributed by atoms with Crippen molar-refractivity contribution < 1.29 is 0 Å². The molecular formula is C31H49N3. The highest BCUT2D eigenvalue weighted by Gasteiger charge is 2.10. The van der Waals surface area contributed by atoms with E-state index in [1.807, 2.05) is 0 Å². The molecule has 0 fully saturated rings. The van der Waals surface area contributed by atoms with Gasteiger partial charge in [-0.3, -0.25) is 0 Å². The first-order valence-corrected chi connectivity index (χ1v) is 14.2. The van der Waals surface area contributed by atoms with Gasteiger partial charge in [0.1, 0.15) is 0 Å². The molecule has 188 valence electrons. The number of anilines is 2. The van der Waals surface area contributed by atoms with E-state index in [-0.39, 0.29) is 0 Å². The first-order valence-electron chi connectivity index (χ1n) is 14.2. The zero-order valence-electron chi connectivity index (χ0n) is 21.9. The molecule has 0 saturated heterocycles. The van der Waals surface area contributed by atoms with Crippen LogP contribution in [0.15, 0.2) is 36.4 Å². The maximum absolute atomic E-state index is 6.49. The topological polar surface area (TPSA) is 53.8 Å². The van der Waals surface area contributed by atoms with Gasteiger partial charge in [0.2, 0.25) is 0 Å². The number of hydrogen-bond acceptors (Lipinski definition) is 2. The van der Waals surface area contributed by atoms with Gasteiger partial charge >= 0.3 is 0 Å². The zero-order valence-corrected chi connectivity index (χ0v) is 21.9. The molecule has 0 aliphatic heterocycles. The summed E-state index contributed by atoms with van der Waals surface area (Å²) in [6, 6.07) is 12.7. The summed E-state index contributed by atoms with van der Waals surface area (Å²) in [6.07, 6.45) is 21.0. The Morgan fingerprint density at radius 3 is 2.06 bits per heavy atom. The van der Waals surface area contributed by atoms with Crippen molar-refractivity contribution in [2.75, 3.05) is 17.6 Å². The number of para-hydroxylation sites is 1. The van der Waals surface area contributed by atoms with Gasteiger partial charge in [-0.15, -0.1) is 0 Å². The Morgan fingerprint density at radius 1 is 0.735 bits per heavy atom. The summed E-state index contributed by atoms with van der Waals surface area (Å²) in [6.45, 7) is 5.70. The molecule has 3 heteroatoms. The molecule has 3 nitrogen and oxygen atoms in total. The lowest BCUT2D eigenvalue weighted by Gasteiger charge is -2.13. The molecule has 1 unspecified atom stereocenters. The number of nitrogens with two attached hydrogens (primary N) is 1. The van der Waals surface area contributed by atoms with Crippen molar-refractivity contribution >= 4 is 33.2 Å². The highest BCUT2D eigenvalue weighted by Crippen LogP contribution is 2.33. The second-order valence-electron chi connectivity index (χ2n) is 10.5. The van der Waals surface area contributed by atoms with Crippen LogP contribution < -0.4 is 11.1 Å². The number of rotatable bonds is 18. The van der Waals surface area contributed by atoms with Gasteiger partial charge in [-0.25, -0.2) is 0 Å². The number of unbranched alkanes of at least 4 members (excludes halogenated alkanes) is 11. The third kappa shape index (κ3) is 8.25. The molecule has 0 bridgehead atoms. The highest BCUT2D eigenvalue weighted by molar-refractivity contribution is 6.12. The third-order valence-electron chi connectivity index (χ3n) is 7.46. The lowest BCUT2D eigenvalue weighted by molar-refractivity contribution is 0.447. The normalized spacial score (nSPS) is 12.5. The Kier molecular flexibility index (Phi) is 11.6. The molecule has 0 radical (unpaired) electrons. The second-order valence-corrected chi connectivity index (χ2v) is 10.5. The first kappa shape index (κ1) is 26.4. The quantitative estimate of drug-likeness (QED) is 0.130. The Morgan fingerprint density at radius 2 is 1.35 bits per heavy atom. The smallest absolute Gasteiger partial charge is 0.0795 e. The van der Waals surface area contributed by atoms with Crippen LogP contribution in [0.3, 0.4) is 0 Å². The maximum atomic E-state index is 6.49. The van der Waals surface area contributed by atoms with Crippen LogP contribution in [0.1, 0.15) is 110 Å². The number of H-pyrrole nitrogens is 1. The lowest BCUT2D eigenvalue weighted by Crippen LogP contribution is -2.06. The standard InChI is InChI=1S/C31H49N3/c1-3-4-5-6-7-8-9-10-11-12-13-14-18-25(2)19-17-24-33-29-23-22-27-26-20-15-16-21-28(26)34-31(27)30(29)32/h15-16,20-23,25,33-34H,3-14,17-19,24,32H2,1-2H3. The van der Waals surface area contributed by atoms with E-state index in [2.05, 4.69) is 60.5 Å². The summed E-state index contributed by atoms with van der Waals surface area (Å²) in [5, 5.41) is 6.02. The van der Waals surface area contributed by atoms with E-state index in [0.717, 1.165) is 34.9 Å². The minimum absolute atomic E-state index is 0.818. The average molecular weight is 464 g/mol. The summed E-state index contributed by atoms with van der Waals surface area (Å²) in [5.41, 5.74) is 10.6. The molecule has 0 aliphatic carbocycles. The number of nitrogens with one attached hydrogen (secondary N) is 2. The monoisotopic (exact) mass is 463 g/mol. The zero-order chi connectivity index (χ0) is 24.0. The molecule has 0 spiro atoms. The van der Waals surface area contributed by atoms with Gasteiger partial charge in [-0.05, 0) is 30.9 Å². The molecular weight excluding hydrogens is 414 g/mol. The lowest BCUT2D eigenvalue weighted by atomic mass is 9.97. The largest absolute Gasteiger partial charge is 0.395 e. The fraction of sp³-hybridized carbons (Fsp3) is 0.613. The molecule has 1 heterocycles.